The molecule has 0 aromatic heterocycles. The Bertz CT molecular complexity index is 569. The third-order valence-electron chi connectivity index (χ3n) is 3.84. The molecular formula is C16H20N2O3. The number of aryl methyl sites for hydroxylation is 1. The number of ketones is 1. The smallest absolute Gasteiger partial charge is 0.227 e. The molecule has 0 spiro atoms. The number of benzene rings is 1. The Balaban J connectivity index is 2.30. The van der Waals surface area contributed by atoms with E-state index in [0.717, 1.165) is 24.1 Å². The van der Waals surface area contributed by atoms with Crippen LogP contribution >= 0.6 is 0 Å². The van der Waals surface area contributed by atoms with Crippen molar-refractivity contribution in [3.8, 4) is 0 Å². The number of rotatable bonds is 6. The van der Waals surface area contributed by atoms with Gasteiger partial charge >= 0.3 is 0 Å². The van der Waals surface area contributed by atoms with Gasteiger partial charge in [0.1, 0.15) is 0 Å². The number of nitroso groups, excluding NO2 is 1. The minimum atomic E-state index is -0.871. The lowest BCUT2D eigenvalue weighted by molar-refractivity contribution is -0.118. The average molecular weight is 288 g/mol. The number of amides is 1. The van der Waals surface area contributed by atoms with Gasteiger partial charge in [-0.15, -0.1) is 0 Å². The summed E-state index contributed by atoms with van der Waals surface area (Å²) in [7, 11) is 0. The fraction of sp³-hybridized carbons (Fsp3) is 0.500. The van der Waals surface area contributed by atoms with E-state index in [-0.39, 0.29) is 11.7 Å². The van der Waals surface area contributed by atoms with Crippen LogP contribution in [-0.2, 0) is 11.2 Å². The number of anilines is 1. The first kappa shape index (κ1) is 15.4. The van der Waals surface area contributed by atoms with Crippen LogP contribution in [0.3, 0.4) is 0 Å². The van der Waals surface area contributed by atoms with Gasteiger partial charge in [-0.25, -0.2) is 0 Å². The Morgan fingerprint density at radius 2 is 2.14 bits per heavy atom. The highest BCUT2D eigenvalue weighted by molar-refractivity contribution is 6.02. The number of Topliss-reactive ketones (excluding diaryl/α,β-unsaturated/α-hetero) is 1. The first-order valence-corrected chi connectivity index (χ1v) is 7.38. The van der Waals surface area contributed by atoms with Crippen molar-refractivity contribution in [3.63, 3.8) is 0 Å². The van der Waals surface area contributed by atoms with Gasteiger partial charge in [0.2, 0.25) is 5.91 Å². The number of hydrogen-bond donors (Lipinski definition) is 0. The molecule has 1 aromatic rings. The van der Waals surface area contributed by atoms with E-state index in [2.05, 4.69) is 12.1 Å². The maximum Gasteiger partial charge on any atom is 0.227 e. The SMILES string of the molecule is CCCCN1C(=O)CCc2cc(C(=O)C(C)N=O)ccc21. The second-order valence-electron chi connectivity index (χ2n) is 5.39. The normalized spacial score (nSPS) is 15.5. The zero-order valence-electron chi connectivity index (χ0n) is 12.5. The molecule has 1 heterocycles. The van der Waals surface area contributed by atoms with Crippen molar-refractivity contribution < 1.29 is 9.59 Å². The summed E-state index contributed by atoms with van der Waals surface area (Å²) in [5.41, 5.74) is 2.38. The molecule has 0 N–H and O–H groups in total. The van der Waals surface area contributed by atoms with Crippen molar-refractivity contribution in [2.75, 3.05) is 11.4 Å². The van der Waals surface area contributed by atoms with Crippen molar-refractivity contribution in [3.05, 3.63) is 34.2 Å². The lowest BCUT2D eigenvalue weighted by Crippen LogP contribution is -2.36. The van der Waals surface area contributed by atoms with Gasteiger partial charge in [-0.2, -0.15) is 4.91 Å². The van der Waals surface area contributed by atoms with Crippen LogP contribution in [0.2, 0.25) is 0 Å². The van der Waals surface area contributed by atoms with Gasteiger partial charge in [0.05, 0.1) is 0 Å². The summed E-state index contributed by atoms with van der Waals surface area (Å²) < 4.78 is 0. The largest absolute Gasteiger partial charge is 0.312 e. The Morgan fingerprint density at radius 3 is 2.81 bits per heavy atom. The van der Waals surface area contributed by atoms with Crippen molar-refractivity contribution >= 4 is 17.4 Å². The molecule has 0 radical (unpaired) electrons. The molecule has 1 aliphatic heterocycles. The van der Waals surface area contributed by atoms with E-state index in [1.54, 1.807) is 17.0 Å². The van der Waals surface area contributed by atoms with Gasteiger partial charge in [-0.3, -0.25) is 9.59 Å². The Labute approximate surface area is 124 Å². The van der Waals surface area contributed by atoms with Gasteiger partial charge < -0.3 is 4.90 Å². The highest BCUT2D eigenvalue weighted by atomic mass is 16.3. The van der Waals surface area contributed by atoms with Crippen LogP contribution in [0.5, 0.6) is 0 Å². The van der Waals surface area contributed by atoms with Crippen molar-refractivity contribution in [2.45, 2.75) is 45.6 Å². The van der Waals surface area contributed by atoms with E-state index in [0.29, 0.717) is 24.9 Å². The Hall–Kier alpha value is -2.04. The molecule has 21 heavy (non-hydrogen) atoms. The summed E-state index contributed by atoms with van der Waals surface area (Å²) in [6.45, 7) is 4.29. The van der Waals surface area contributed by atoms with E-state index < -0.39 is 6.04 Å². The topological polar surface area (TPSA) is 66.8 Å². The summed E-state index contributed by atoms with van der Waals surface area (Å²) >= 11 is 0. The molecule has 2 rings (SSSR count). The van der Waals surface area contributed by atoms with Crippen molar-refractivity contribution in [1.82, 2.24) is 0 Å². The molecule has 5 heteroatoms. The third kappa shape index (κ3) is 3.17. The summed E-state index contributed by atoms with van der Waals surface area (Å²) in [4.78, 5) is 36.3. The molecule has 1 amide bonds. The second kappa shape index (κ2) is 6.61. The lowest BCUT2D eigenvalue weighted by Gasteiger charge is -2.29. The van der Waals surface area contributed by atoms with Gasteiger partial charge in [0, 0.05) is 24.2 Å². The van der Waals surface area contributed by atoms with Gasteiger partial charge in [-0.1, -0.05) is 18.5 Å². The molecule has 1 aromatic carbocycles. The molecule has 0 aliphatic carbocycles. The van der Waals surface area contributed by atoms with E-state index in [9.17, 15) is 14.5 Å². The first-order valence-electron chi connectivity index (χ1n) is 7.38. The van der Waals surface area contributed by atoms with Crippen LogP contribution in [0.4, 0.5) is 5.69 Å². The molecule has 5 nitrogen and oxygen atoms in total. The Kier molecular flexibility index (Phi) is 4.83. The molecule has 112 valence electrons. The van der Waals surface area contributed by atoms with Crippen molar-refractivity contribution in [2.24, 2.45) is 5.18 Å². The number of hydrogen-bond acceptors (Lipinski definition) is 4. The second-order valence-corrected chi connectivity index (χ2v) is 5.39. The minimum Gasteiger partial charge on any atom is -0.312 e. The average Bonchev–Trinajstić information content (AvgIpc) is 2.52. The fourth-order valence-corrected chi connectivity index (χ4v) is 2.56. The molecule has 0 saturated carbocycles. The number of carbonyl (C=O) groups excluding carboxylic acids is 2. The predicted octanol–water partition coefficient (Wildman–Crippen LogP) is 3.10. The van der Waals surface area contributed by atoms with Crippen LogP contribution in [0.1, 0.15) is 49.0 Å². The summed E-state index contributed by atoms with van der Waals surface area (Å²) in [6, 6.07) is 4.42. The van der Waals surface area contributed by atoms with Crippen LogP contribution in [-0.4, -0.2) is 24.3 Å². The van der Waals surface area contributed by atoms with Crippen LogP contribution in [0.25, 0.3) is 0 Å². The summed E-state index contributed by atoms with van der Waals surface area (Å²) in [5, 5.41) is 2.78. The van der Waals surface area contributed by atoms with E-state index in [1.165, 1.54) is 6.92 Å². The van der Waals surface area contributed by atoms with Crippen LogP contribution in [0.15, 0.2) is 23.4 Å². The molecule has 0 bridgehead atoms. The van der Waals surface area contributed by atoms with Gasteiger partial charge in [0.25, 0.3) is 0 Å². The molecule has 1 aliphatic rings. The van der Waals surface area contributed by atoms with Crippen LogP contribution < -0.4 is 4.90 Å². The standard InChI is InChI=1S/C16H20N2O3/c1-3-4-9-18-14-7-5-13(16(20)11(2)17-21)10-12(14)6-8-15(18)19/h5,7,10-11H,3-4,6,8-9H2,1-2H3. The number of unbranched alkanes of at least 4 members (excludes halogenated alkanes) is 1. The highest BCUT2D eigenvalue weighted by Gasteiger charge is 2.25. The van der Waals surface area contributed by atoms with E-state index in [4.69, 9.17) is 0 Å². The lowest BCUT2D eigenvalue weighted by atomic mass is 9.95. The monoisotopic (exact) mass is 288 g/mol. The first-order chi connectivity index (χ1) is 10.1. The fourth-order valence-electron chi connectivity index (χ4n) is 2.56. The molecule has 0 fully saturated rings. The zero-order valence-corrected chi connectivity index (χ0v) is 12.5. The van der Waals surface area contributed by atoms with E-state index in [1.807, 2.05) is 6.07 Å². The summed E-state index contributed by atoms with van der Waals surface area (Å²) in [5.74, 6) is -0.136. The number of nitrogens with zero attached hydrogens (tertiary/aromatic N) is 2. The van der Waals surface area contributed by atoms with E-state index >= 15 is 0 Å². The van der Waals surface area contributed by atoms with Crippen LogP contribution in [0, 0.1) is 4.91 Å². The molecule has 0 saturated heterocycles. The van der Waals surface area contributed by atoms with Gasteiger partial charge in [0.15, 0.2) is 11.8 Å². The predicted molar refractivity (Wildman–Crippen MR) is 81.6 cm³/mol. The molecular weight excluding hydrogens is 268 g/mol. The zero-order chi connectivity index (χ0) is 15.4. The maximum atomic E-state index is 12.0. The highest BCUT2D eigenvalue weighted by Crippen LogP contribution is 2.29. The third-order valence-corrected chi connectivity index (χ3v) is 3.84. The minimum absolute atomic E-state index is 0.137. The molecule has 1 atom stereocenters. The number of carbonyl (C=O) groups is 2. The number of fused-ring (bicyclic) bond motifs is 1. The van der Waals surface area contributed by atoms with Crippen molar-refractivity contribution in [1.29, 1.82) is 0 Å². The maximum absolute atomic E-state index is 12.0. The quantitative estimate of drug-likeness (QED) is 0.596. The molecule has 1 unspecified atom stereocenters. The Morgan fingerprint density at radius 1 is 1.38 bits per heavy atom. The summed E-state index contributed by atoms with van der Waals surface area (Å²) in [6.07, 6.45) is 3.09. The van der Waals surface area contributed by atoms with Gasteiger partial charge in [-0.05, 0) is 43.5 Å².